The van der Waals surface area contributed by atoms with Crippen LogP contribution in [0.5, 0.6) is 0 Å². The zero-order valence-electron chi connectivity index (χ0n) is 33.2. The number of carbonyl (C=O) groups excluding carboxylic acids is 2. The van der Waals surface area contributed by atoms with Crippen molar-refractivity contribution in [1.82, 2.24) is 5.32 Å². The standard InChI is InChI=1S/C45H59F4NO2/c1-30(19-15-21-32(3)23-25-37-35(6)40(51)34(5)27-42(37,8)9)17-13-14-18-31(2)20-16-22-33(4)24-26-38-36(7)41(52)39(28-43(38,10)11)50-29-45(48,49)44(12,46)47/h13-26,34,39,50H,27-29H2,1-12H3/b14-13+,19-15+,20-16+,25-23+,26-24+,30-17+,31-18+,32-21+,33-22+. The fourth-order valence-corrected chi connectivity index (χ4v) is 6.64. The predicted octanol–water partition coefficient (Wildman–Crippen LogP) is 12.1. The van der Waals surface area contributed by atoms with Crippen molar-refractivity contribution in [3.63, 3.8) is 0 Å². The topological polar surface area (TPSA) is 46.2 Å². The van der Waals surface area contributed by atoms with Crippen molar-refractivity contribution in [3.8, 4) is 0 Å². The number of halogens is 4. The van der Waals surface area contributed by atoms with E-state index in [2.05, 4.69) is 50.4 Å². The maximum absolute atomic E-state index is 13.8. The van der Waals surface area contributed by atoms with Gasteiger partial charge in [0.25, 0.3) is 0 Å². The summed E-state index contributed by atoms with van der Waals surface area (Å²) in [6, 6.07) is -0.958. The lowest BCUT2D eigenvalue weighted by atomic mass is 9.68. The summed E-state index contributed by atoms with van der Waals surface area (Å²) in [4.78, 5) is 25.5. The molecule has 2 unspecified atom stereocenters. The molecule has 2 atom stereocenters. The summed E-state index contributed by atoms with van der Waals surface area (Å²) in [5.74, 6) is -8.48. The lowest BCUT2D eigenvalue weighted by Crippen LogP contribution is -2.52. The molecule has 0 aromatic carbocycles. The van der Waals surface area contributed by atoms with Gasteiger partial charge in [0, 0.05) is 12.8 Å². The molecule has 3 nitrogen and oxygen atoms in total. The van der Waals surface area contributed by atoms with Gasteiger partial charge in [-0.15, -0.1) is 0 Å². The minimum Gasteiger partial charge on any atom is -0.301 e. The number of carbonyl (C=O) groups is 2. The van der Waals surface area contributed by atoms with Crippen molar-refractivity contribution in [2.45, 2.75) is 114 Å². The number of hydrogen-bond donors (Lipinski definition) is 1. The first-order valence-corrected chi connectivity index (χ1v) is 18.0. The van der Waals surface area contributed by atoms with E-state index < -0.39 is 29.8 Å². The summed E-state index contributed by atoms with van der Waals surface area (Å²) in [7, 11) is 0. The first-order valence-electron chi connectivity index (χ1n) is 18.0. The molecular weight excluding hydrogens is 662 g/mol. The van der Waals surface area contributed by atoms with Crippen LogP contribution in [-0.4, -0.2) is 36.0 Å². The van der Waals surface area contributed by atoms with Crippen LogP contribution in [0.2, 0.25) is 0 Å². The van der Waals surface area contributed by atoms with Gasteiger partial charge >= 0.3 is 11.8 Å². The first kappa shape index (κ1) is 44.3. The number of ketones is 2. The Morgan fingerprint density at radius 2 is 1.06 bits per heavy atom. The number of alkyl halides is 4. The van der Waals surface area contributed by atoms with Crippen molar-refractivity contribution in [1.29, 1.82) is 0 Å². The van der Waals surface area contributed by atoms with E-state index in [-0.39, 0.29) is 36.2 Å². The average molecular weight is 722 g/mol. The largest absolute Gasteiger partial charge is 0.322 e. The molecule has 0 saturated heterocycles. The van der Waals surface area contributed by atoms with E-state index in [0.29, 0.717) is 5.57 Å². The Labute approximate surface area is 310 Å². The van der Waals surface area contributed by atoms with Gasteiger partial charge in [-0.2, -0.15) is 8.78 Å². The summed E-state index contributed by atoms with van der Waals surface area (Å²) in [6.07, 6.45) is 29.1. The van der Waals surface area contributed by atoms with Crippen molar-refractivity contribution >= 4 is 11.6 Å². The third kappa shape index (κ3) is 12.7. The number of nitrogens with one attached hydrogen (secondary N) is 1. The first-order chi connectivity index (χ1) is 23.9. The van der Waals surface area contributed by atoms with E-state index in [0.717, 1.165) is 45.4 Å². The zero-order chi connectivity index (χ0) is 39.7. The summed E-state index contributed by atoms with van der Waals surface area (Å²) >= 11 is 0. The second kappa shape index (κ2) is 18.3. The lowest BCUT2D eigenvalue weighted by Gasteiger charge is -2.38. The van der Waals surface area contributed by atoms with E-state index in [4.69, 9.17) is 0 Å². The molecule has 2 aliphatic carbocycles. The molecule has 0 radical (unpaired) electrons. The van der Waals surface area contributed by atoms with Crippen molar-refractivity contribution in [2.75, 3.05) is 6.54 Å². The SMILES string of the molecule is CC1=C(/C=C/C(C)=C/C=C/C(C)=C/C=C/C=C(C)/C=C/C=C(C)/C=C/C2=C(C)C(=O)C(NCC(F)(F)C(C)(F)F)CC2(C)C)C(C)(C)CC(C)C1=O. The monoisotopic (exact) mass is 721 g/mol. The average Bonchev–Trinajstić information content (AvgIpc) is 3.02. The maximum atomic E-state index is 13.8. The number of Topliss-reactive ketones (excluding diaryl/α,β-unsaturated/α-hetero) is 2. The zero-order valence-corrected chi connectivity index (χ0v) is 33.2. The predicted molar refractivity (Wildman–Crippen MR) is 209 cm³/mol. The summed E-state index contributed by atoms with van der Waals surface area (Å²) < 4.78 is 54.2. The van der Waals surface area contributed by atoms with E-state index in [1.807, 2.05) is 109 Å². The summed E-state index contributed by atoms with van der Waals surface area (Å²) in [5.41, 5.74) is 6.88. The van der Waals surface area contributed by atoms with Crippen LogP contribution in [0.3, 0.4) is 0 Å². The Bertz CT molecular complexity index is 1690. The fraction of sp³-hybridized carbons (Fsp3) is 0.467. The highest BCUT2D eigenvalue weighted by molar-refractivity contribution is 6.01. The van der Waals surface area contributed by atoms with Gasteiger partial charge in [0.15, 0.2) is 11.6 Å². The maximum Gasteiger partial charge on any atom is 0.322 e. The molecule has 2 rings (SSSR count). The minimum absolute atomic E-state index is 0.0242. The molecule has 0 saturated carbocycles. The van der Waals surface area contributed by atoms with Gasteiger partial charge in [-0.3, -0.25) is 9.59 Å². The quantitative estimate of drug-likeness (QED) is 0.143. The highest BCUT2D eigenvalue weighted by Crippen LogP contribution is 2.42. The Balaban J connectivity index is 1.98. The van der Waals surface area contributed by atoms with Crippen LogP contribution in [0, 0.1) is 16.7 Å². The Morgan fingerprint density at radius 3 is 1.50 bits per heavy atom. The van der Waals surface area contributed by atoms with Crippen molar-refractivity contribution in [2.24, 2.45) is 16.7 Å². The molecule has 284 valence electrons. The van der Waals surface area contributed by atoms with E-state index in [1.54, 1.807) is 6.92 Å². The smallest absolute Gasteiger partial charge is 0.301 e. The molecule has 52 heavy (non-hydrogen) atoms. The molecule has 0 fully saturated rings. The Morgan fingerprint density at radius 1 is 0.673 bits per heavy atom. The van der Waals surface area contributed by atoms with Gasteiger partial charge in [-0.1, -0.05) is 142 Å². The molecule has 2 aliphatic rings. The molecule has 0 heterocycles. The molecule has 7 heteroatoms. The van der Waals surface area contributed by atoms with Crippen LogP contribution in [0.15, 0.2) is 130 Å². The van der Waals surface area contributed by atoms with E-state index >= 15 is 0 Å². The van der Waals surface area contributed by atoms with Crippen molar-refractivity contribution in [3.05, 3.63) is 130 Å². The van der Waals surface area contributed by atoms with Gasteiger partial charge in [0.1, 0.15) is 0 Å². The van der Waals surface area contributed by atoms with E-state index in [1.165, 1.54) is 0 Å². The summed E-state index contributed by atoms with van der Waals surface area (Å²) in [5, 5.41) is 2.39. The molecule has 0 aromatic rings. The molecule has 0 spiro atoms. The molecule has 0 aromatic heterocycles. The van der Waals surface area contributed by atoms with Crippen LogP contribution in [-0.2, 0) is 9.59 Å². The Hall–Kier alpha value is -3.84. The second-order valence-corrected chi connectivity index (χ2v) is 15.8. The normalized spacial score (nSPS) is 23.3. The van der Waals surface area contributed by atoms with Crippen LogP contribution in [0.1, 0.15) is 95.9 Å². The molecule has 0 aliphatic heterocycles. The third-order valence-corrected chi connectivity index (χ3v) is 9.80. The summed E-state index contributed by atoms with van der Waals surface area (Å²) in [6.45, 7) is 20.8. The Kier molecular flexibility index (Phi) is 15.6. The van der Waals surface area contributed by atoms with Crippen LogP contribution in [0.25, 0.3) is 0 Å². The molecule has 0 amide bonds. The third-order valence-electron chi connectivity index (χ3n) is 9.80. The van der Waals surface area contributed by atoms with Gasteiger partial charge in [-0.05, 0) is 87.5 Å². The molecule has 0 bridgehead atoms. The van der Waals surface area contributed by atoms with Gasteiger partial charge in [0.2, 0.25) is 0 Å². The number of hydrogen-bond acceptors (Lipinski definition) is 3. The fourth-order valence-electron chi connectivity index (χ4n) is 6.64. The molecule has 1 N–H and O–H groups in total. The molecular formula is C45H59F4NO2. The van der Waals surface area contributed by atoms with Gasteiger partial charge < -0.3 is 5.32 Å². The van der Waals surface area contributed by atoms with Gasteiger partial charge in [0.05, 0.1) is 12.6 Å². The van der Waals surface area contributed by atoms with Gasteiger partial charge in [-0.25, -0.2) is 8.78 Å². The number of rotatable bonds is 14. The van der Waals surface area contributed by atoms with Crippen LogP contribution >= 0.6 is 0 Å². The second-order valence-electron chi connectivity index (χ2n) is 15.8. The lowest BCUT2D eigenvalue weighted by molar-refractivity contribution is -0.195. The highest BCUT2D eigenvalue weighted by atomic mass is 19.3. The number of allylic oxidation sites excluding steroid dienone is 21. The van der Waals surface area contributed by atoms with E-state index in [9.17, 15) is 27.2 Å². The van der Waals surface area contributed by atoms with Crippen molar-refractivity contribution < 1.29 is 27.2 Å². The highest BCUT2D eigenvalue weighted by Gasteiger charge is 2.52. The minimum atomic E-state index is -4.26. The van der Waals surface area contributed by atoms with Crippen LogP contribution in [0.4, 0.5) is 17.6 Å². The van der Waals surface area contributed by atoms with Crippen LogP contribution < -0.4 is 5.32 Å².